The molecule has 37 heavy (non-hydrogen) atoms. The summed E-state index contributed by atoms with van der Waals surface area (Å²) in [6.07, 6.45) is 1.57. The van der Waals surface area contributed by atoms with Crippen LogP contribution in [0.5, 0.6) is 0 Å². The Morgan fingerprint density at radius 2 is 2.03 bits per heavy atom. The van der Waals surface area contributed by atoms with Crippen LogP contribution in [-0.4, -0.2) is 60.7 Å². The second kappa shape index (κ2) is 12.8. The molecule has 2 amide bonds. The second-order valence-electron chi connectivity index (χ2n) is 8.39. The molecule has 1 fully saturated rings. The molecule has 12 heteroatoms. The number of nitrogens with zero attached hydrogens (tertiary/aromatic N) is 5. The van der Waals surface area contributed by atoms with Crippen LogP contribution in [-0.2, 0) is 16.1 Å². The second-order valence-corrected chi connectivity index (χ2v) is 9.42. The molecule has 1 aromatic carbocycles. The molecule has 3 rings (SSSR count). The van der Waals surface area contributed by atoms with E-state index in [0.717, 1.165) is 11.3 Å². The SMILES string of the molecule is CCn1c(=C(C#N)C(=O)NCC#N)sc(=CNc2cccc(N(C)C(=O)CN3CCC(F)CC3)c2)c1=O. The Morgan fingerprint density at radius 3 is 2.68 bits per heavy atom. The Kier molecular flexibility index (Phi) is 9.55. The first kappa shape index (κ1) is 27.6. The number of nitrogens with one attached hydrogen (secondary N) is 2. The number of hydrogen-bond acceptors (Lipinski definition) is 8. The quantitative estimate of drug-likeness (QED) is 0.479. The molecule has 2 N–H and O–H groups in total. The fourth-order valence-electron chi connectivity index (χ4n) is 3.85. The van der Waals surface area contributed by atoms with Gasteiger partial charge in [-0.3, -0.25) is 23.9 Å². The van der Waals surface area contributed by atoms with Crippen LogP contribution in [0.3, 0.4) is 0 Å². The van der Waals surface area contributed by atoms with E-state index in [1.807, 2.05) is 11.0 Å². The minimum atomic E-state index is -0.797. The van der Waals surface area contributed by atoms with E-state index in [1.165, 1.54) is 15.7 Å². The summed E-state index contributed by atoms with van der Waals surface area (Å²) < 4.78 is 15.2. The van der Waals surface area contributed by atoms with E-state index in [9.17, 15) is 24.0 Å². The number of nitriles is 2. The third kappa shape index (κ3) is 6.82. The van der Waals surface area contributed by atoms with Gasteiger partial charge >= 0.3 is 0 Å². The third-order valence-electron chi connectivity index (χ3n) is 5.96. The summed E-state index contributed by atoms with van der Waals surface area (Å²) in [5.74, 6) is -0.831. The summed E-state index contributed by atoms with van der Waals surface area (Å²) in [6, 6.07) is 10.7. The topological polar surface area (TPSA) is 134 Å². The molecule has 1 aromatic heterocycles. The number of thiazole rings is 1. The van der Waals surface area contributed by atoms with Crippen molar-refractivity contribution in [1.29, 1.82) is 10.5 Å². The molecule has 2 heterocycles. The highest BCUT2D eigenvalue weighted by Crippen LogP contribution is 2.19. The largest absolute Gasteiger partial charge is 0.360 e. The van der Waals surface area contributed by atoms with Crippen LogP contribution < -0.4 is 30.3 Å². The number of amides is 2. The van der Waals surface area contributed by atoms with Gasteiger partial charge in [-0.15, -0.1) is 11.3 Å². The normalized spacial score (nSPS) is 15.4. The Hall–Kier alpha value is -4.00. The highest BCUT2D eigenvalue weighted by molar-refractivity contribution is 7.07. The lowest BCUT2D eigenvalue weighted by Gasteiger charge is -2.29. The molecule has 1 aliphatic rings. The summed E-state index contributed by atoms with van der Waals surface area (Å²) in [7, 11) is 1.68. The average molecular weight is 526 g/mol. The molecule has 2 aromatic rings. The Balaban J connectivity index is 1.82. The zero-order chi connectivity index (χ0) is 26.9. The number of likely N-dealkylation sites (tertiary alicyclic amines) is 1. The molecule has 10 nitrogen and oxygen atoms in total. The van der Waals surface area contributed by atoms with E-state index < -0.39 is 12.1 Å². The van der Waals surface area contributed by atoms with Crippen LogP contribution in [0.15, 0.2) is 29.1 Å². The Morgan fingerprint density at radius 1 is 1.30 bits per heavy atom. The molecule has 1 saturated heterocycles. The highest BCUT2D eigenvalue weighted by atomic mass is 32.1. The number of carbonyl (C=O) groups is 2. The van der Waals surface area contributed by atoms with Crippen molar-refractivity contribution in [2.45, 2.75) is 32.5 Å². The fourth-order valence-corrected chi connectivity index (χ4v) is 4.94. The summed E-state index contributed by atoms with van der Waals surface area (Å²) >= 11 is 0.992. The minimum absolute atomic E-state index is 0.110. The molecule has 0 aliphatic carbocycles. The Bertz CT molecular complexity index is 1410. The van der Waals surface area contributed by atoms with Crippen LogP contribution in [0.1, 0.15) is 19.8 Å². The first-order chi connectivity index (χ1) is 17.8. The number of aromatic nitrogens is 1. The van der Waals surface area contributed by atoms with Gasteiger partial charge in [0.1, 0.15) is 28.0 Å². The van der Waals surface area contributed by atoms with E-state index in [-0.39, 0.29) is 45.9 Å². The number of carbonyl (C=O) groups excluding carboxylic acids is 2. The van der Waals surface area contributed by atoms with Gasteiger partial charge in [0.25, 0.3) is 11.5 Å². The highest BCUT2D eigenvalue weighted by Gasteiger charge is 2.22. The van der Waals surface area contributed by atoms with E-state index in [0.29, 0.717) is 37.3 Å². The smallest absolute Gasteiger partial charge is 0.270 e. The molecule has 0 radical (unpaired) electrons. The molecule has 194 valence electrons. The van der Waals surface area contributed by atoms with Gasteiger partial charge < -0.3 is 15.5 Å². The maximum atomic E-state index is 13.4. The molecular weight excluding hydrogens is 497 g/mol. The lowest BCUT2D eigenvalue weighted by atomic mass is 10.1. The van der Waals surface area contributed by atoms with Crippen molar-refractivity contribution < 1.29 is 14.0 Å². The van der Waals surface area contributed by atoms with Gasteiger partial charge in [0.15, 0.2) is 5.57 Å². The van der Waals surface area contributed by atoms with Gasteiger partial charge in [-0.1, -0.05) is 6.07 Å². The van der Waals surface area contributed by atoms with Crippen LogP contribution >= 0.6 is 11.3 Å². The molecule has 0 atom stereocenters. The maximum Gasteiger partial charge on any atom is 0.270 e. The number of anilines is 2. The van der Waals surface area contributed by atoms with Crippen molar-refractivity contribution in [2.75, 3.05) is 43.4 Å². The van der Waals surface area contributed by atoms with Gasteiger partial charge in [0.2, 0.25) is 5.91 Å². The monoisotopic (exact) mass is 525 g/mol. The van der Waals surface area contributed by atoms with Crippen LogP contribution in [0.4, 0.5) is 15.8 Å². The lowest BCUT2D eigenvalue weighted by molar-refractivity contribution is -0.120. The van der Waals surface area contributed by atoms with Crippen molar-refractivity contribution >= 4 is 46.3 Å². The van der Waals surface area contributed by atoms with Crippen molar-refractivity contribution in [3.05, 3.63) is 43.8 Å². The predicted octanol–water partition coefficient (Wildman–Crippen LogP) is 0.491. The number of hydrogen-bond donors (Lipinski definition) is 2. The molecular formula is C25H28FN7O3S. The van der Waals surface area contributed by atoms with E-state index in [1.54, 1.807) is 44.3 Å². The summed E-state index contributed by atoms with van der Waals surface area (Å²) in [5, 5.41) is 23.6. The summed E-state index contributed by atoms with van der Waals surface area (Å²) in [6.45, 7) is 3.05. The standard InChI is InChI=1S/C25H28FN7O3S/c1-3-33-24(36)21(37-25(33)20(14-28)23(35)29-10-9-27)15-30-18-5-4-6-19(13-18)31(2)22(34)16-32-11-7-17(26)8-12-32/h4-6,13,15,17,30H,3,7-8,10-12,16H2,1-2H3,(H,29,35). The van der Waals surface area contributed by atoms with E-state index in [4.69, 9.17) is 5.26 Å². The number of rotatable bonds is 8. The number of piperidine rings is 1. The number of likely N-dealkylation sites (N-methyl/N-ethyl adjacent to an activating group) is 1. The number of alkyl halides is 1. The van der Waals surface area contributed by atoms with Gasteiger partial charge in [-0.05, 0) is 38.0 Å². The van der Waals surface area contributed by atoms with Crippen molar-refractivity contribution in [3.8, 4) is 12.1 Å². The van der Waals surface area contributed by atoms with Gasteiger partial charge in [-0.25, -0.2) is 4.39 Å². The molecule has 0 spiro atoms. The first-order valence-corrected chi connectivity index (χ1v) is 12.6. The average Bonchev–Trinajstić information content (AvgIpc) is 3.22. The van der Waals surface area contributed by atoms with E-state index in [2.05, 4.69) is 10.6 Å². The fraction of sp³-hybridized carbons (Fsp3) is 0.400. The summed E-state index contributed by atoms with van der Waals surface area (Å²) in [5.41, 5.74) is 0.674. The zero-order valence-corrected chi connectivity index (χ0v) is 21.5. The van der Waals surface area contributed by atoms with Crippen molar-refractivity contribution in [1.82, 2.24) is 14.8 Å². The van der Waals surface area contributed by atoms with Gasteiger partial charge in [0.05, 0.1) is 12.6 Å². The first-order valence-electron chi connectivity index (χ1n) is 11.8. The van der Waals surface area contributed by atoms with Gasteiger partial charge in [0, 0.05) is 44.3 Å². The summed E-state index contributed by atoms with van der Waals surface area (Å²) in [4.78, 5) is 41.4. The molecule has 0 unspecified atom stereocenters. The molecule has 0 bridgehead atoms. The molecule has 0 saturated carbocycles. The Labute approximate surface area is 217 Å². The van der Waals surface area contributed by atoms with Crippen LogP contribution in [0.25, 0.3) is 11.8 Å². The van der Waals surface area contributed by atoms with Crippen LogP contribution in [0.2, 0.25) is 0 Å². The lowest BCUT2D eigenvalue weighted by Crippen LogP contribution is -2.42. The van der Waals surface area contributed by atoms with Crippen molar-refractivity contribution in [2.24, 2.45) is 0 Å². The van der Waals surface area contributed by atoms with Crippen LogP contribution in [0, 0.1) is 22.7 Å². The van der Waals surface area contributed by atoms with Gasteiger partial charge in [-0.2, -0.15) is 10.5 Å². The predicted molar refractivity (Wildman–Crippen MR) is 140 cm³/mol. The van der Waals surface area contributed by atoms with Crippen molar-refractivity contribution in [3.63, 3.8) is 0 Å². The minimum Gasteiger partial charge on any atom is -0.360 e. The molecule has 1 aliphatic heterocycles. The maximum absolute atomic E-state index is 13.4. The number of halogens is 1. The number of benzene rings is 1. The zero-order valence-electron chi connectivity index (χ0n) is 20.7. The van der Waals surface area contributed by atoms with E-state index >= 15 is 0 Å². The third-order valence-corrected chi connectivity index (χ3v) is 7.09.